The zero-order valence-corrected chi connectivity index (χ0v) is 11.0. The van der Waals surface area contributed by atoms with Gasteiger partial charge in [-0.25, -0.2) is 4.39 Å². The van der Waals surface area contributed by atoms with Crippen LogP contribution >= 0.6 is 0 Å². The number of hydrogen-bond acceptors (Lipinski definition) is 2. The van der Waals surface area contributed by atoms with Gasteiger partial charge in [0.1, 0.15) is 11.9 Å². The predicted molar refractivity (Wildman–Crippen MR) is 75.0 cm³/mol. The van der Waals surface area contributed by atoms with Gasteiger partial charge in [-0.2, -0.15) is 5.26 Å². The van der Waals surface area contributed by atoms with E-state index in [4.69, 9.17) is 5.26 Å². The molecule has 2 rings (SSSR count). The third-order valence-electron chi connectivity index (χ3n) is 3.19. The average molecular weight is 254 g/mol. The quantitative estimate of drug-likeness (QED) is 0.827. The molecule has 0 amide bonds. The summed E-state index contributed by atoms with van der Waals surface area (Å²) in [5.74, 6) is -0.489. The monoisotopic (exact) mass is 254 g/mol. The molecule has 0 spiro atoms. The van der Waals surface area contributed by atoms with Gasteiger partial charge in [0.2, 0.25) is 0 Å². The highest BCUT2D eigenvalue weighted by atomic mass is 19.1. The van der Waals surface area contributed by atoms with E-state index in [2.05, 4.69) is 19.1 Å². The average Bonchev–Trinajstić information content (AvgIpc) is 2.46. The second kappa shape index (κ2) is 5.53. The van der Waals surface area contributed by atoms with Crippen LogP contribution in [0.15, 0.2) is 42.5 Å². The minimum Gasteiger partial charge on any atom is -0.345 e. The number of aryl methyl sites for hydroxylation is 1. The summed E-state index contributed by atoms with van der Waals surface area (Å²) in [7, 11) is 1.88. The fraction of sp³-hybridized carbons (Fsp3) is 0.188. The molecule has 2 nitrogen and oxygen atoms in total. The van der Waals surface area contributed by atoms with E-state index in [-0.39, 0.29) is 5.56 Å². The maximum atomic E-state index is 13.6. The molecule has 0 atom stereocenters. The third-order valence-corrected chi connectivity index (χ3v) is 3.19. The number of rotatable bonds is 3. The Kier molecular flexibility index (Phi) is 3.82. The van der Waals surface area contributed by atoms with Gasteiger partial charge in [-0.15, -0.1) is 0 Å². The molecule has 0 heterocycles. The van der Waals surface area contributed by atoms with Crippen molar-refractivity contribution in [1.29, 1.82) is 5.26 Å². The normalized spacial score (nSPS) is 10.0. The molecule has 0 N–H and O–H groups in total. The van der Waals surface area contributed by atoms with Gasteiger partial charge >= 0.3 is 0 Å². The summed E-state index contributed by atoms with van der Waals surface area (Å²) in [6.45, 7) is 2.11. The molecule has 0 unspecified atom stereocenters. The van der Waals surface area contributed by atoms with E-state index in [0.717, 1.165) is 17.8 Å². The SMILES string of the molecule is CCc1ccc(N(C)c2ccc(C#N)c(F)c2)cc1. The molecule has 0 saturated carbocycles. The number of halogens is 1. The van der Waals surface area contributed by atoms with Gasteiger partial charge in [0.05, 0.1) is 5.56 Å². The fourth-order valence-corrected chi connectivity index (χ4v) is 1.91. The summed E-state index contributed by atoms with van der Waals surface area (Å²) in [6, 6.07) is 14.6. The Bertz CT molecular complexity index is 612. The van der Waals surface area contributed by atoms with Crippen LogP contribution < -0.4 is 4.90 Å². The second-order valence-corrected chi connectivity index (χ2v) is 4.35. The van der Waals surface area contributed by atoms with Crippen LogP contribution in [0.1, 0.15) is 18.1 Å². The third kappa shape index (κ3) is 2.74. The highest BCUT2D eigenvalue weighted by Crippen LogP contribution is 2.25. The topological polar surface area (TPSA) is 27.0 Å². The van der Waals surface area contributed by atoms with Gasteiger partial charge in [0, 0.05) is 18.4 Å². The van der Waals surface area contributed by atoms with Crippen molar-refractivity contribution < 1.29 is 4.39 Å². The number of anilines is 2. The summed E-state index contributed by atoms with van der Waals surface area (Å²) in [5.41, 5.74) is 3.05. The molecule has 2 aromatic carbocycles. The zero-order valence-electron chi connectivity index (χ0n) is 11.0. The summed E-state index contributed by atoms with van der Waals surface area (Å²) in [5, 5.41) is 8.72. The molecular formula is C16H15FN2. The Morgan fingerprint density at radius 1 is 1.11 bits per heavy atom. The van der Waals surface area contributed by atoms with Crippen LogP contribution in [-0.2, 0) is 6.42 Å². The van der Waals surface area contributed by atoms with Crippen molar-refractivity contribution in [1.82, 2.24) is 0 Å². The largest absolute Gasteiger partial charge is 0.345 e. The van der Waals surface area contributed by atoms with Crippen molar-refractivity contribution in [3.63, 3.8) is 0 Å². The van der Waals surface area contributed by atoms with Crippen LogP contribution in [0.3, 0.4) is 0 Å². The van der Waals surface area contributed by atoms with Crippen molar-refractivity contribution in [2.75, 3.05) is 11.9 Å². The lowest BCUT2D eigenvalue weighted by molar-refractivity contribution is 0.624. The minimum absolute atomic E-state index is 0.0680. The molecule has 0 aliphatic heterocycles. The second-order valence-electron chi connectivity index (χ2n) is 4.35. The highest BCUT2D eigenvalue weighted by Gasteiger charge is 2.07. The first-order valence-electron chi connectivity index (χ1n) is 6.18. The summed E-state index contributed by atoms with van der Waals surface area (Å²) in [6.07, 6.45) is 0.996. The van der Waals surface area contributed by atoms with Crippen molar-refractivity contribution in [2.45, 2.75) is 13.3 Å². The van der Waals surface area contributed by atoms with E-state index in [1.165, 1.54) is 17.7 Å². The Morgan fingerprint density at radius 3 is 2.26 bits per heavy atom. The molecule has 96 valence electrons. The lowest BCUT2D eigenvalue weighted by atomic mass is 10.1. The standard InChI is InChI=1S/C16H15FN2/c1-3-12-4-7-14(8-5-12)19(2)15-9-6-13(11-18)16(17)10-15/h4-10H,3H2,1-2H3. The van der Waals surface area contributed by atoms with E-state index in [9.17, 15) is 4.39 Å². The minimum atomic E-state index is -0.489. The molecule has 0 aliphatic carbocycles. The Balaban J connectivity index is 2.30. The van der Waals surface area contributed by atoms with Crippen molar-refractivity contribution in [3.05, 3.63) is 59.4 Å². The maximum absolute atomic E-state index is 13.6. The van der Waals surface area contributed by atoms with Gasteiger partial charge in [-0.1, -0.05) is 19.1 Å². The van der Waals surface area contributed by atoms with E-state index >= 15 is 0 Å². The molecule has 3 heteroatoms. The Labute approximate surface area is 112 Å². The van der Waals surface area contributed by atoms with Gasteiger partial charge in [0.15, 0.2) is 0 Å². The van der Waals surface area contributed by atoms with Crippen molar-refractivity contribution in [3.8, 4) is 6.07 Å². The molecule has 19 heavy (non-hydrogen) atoms. The first-order chi connectivity index (χ1) is 9.15. The van der Waals surface area contributed by atoms with E-state index in [1.54, 1.807) is 6.07 Å². The van der Waals surface area contributed by atoms with Crippen molar-refractivity contribution >= 4 is 11.4 Å². The summed E-state index contributed by atoms with van der Waals surface area (Å²) in [4.78, 5) is 1.89. The van der Waals surface area contributed by atoms with Crippen LogP contribution in [0, 0.1) is 17.1 Å². The molecule has 0 fully saturated rings. The summed E-state index contributed by atoms with van der Waals surface area (Å²) >= 11 is 0. The van der Waals surface area contributed by atoms with Crippen LogP contribution in [0.5, 0.6) is 0 Å². The first-order valence-corrected chi connectivity index (χ1v) is 6.18. The highest BCUT2D eigenvalue weighted by molar-refractivity contribution is 5.63. The molecule has 0 aromatic heterocycles. The van der Waals surface area contributed by atoms with Gasteiger partial charge in [0.25, 0.3) is 0 Å². The predicted octanol–water partition coefficient (Wildman–Crippen LogP) is 4.03. The number of hydrogen-bond donors (Lipinski definition) is 0. The van der Waals surface area contributed by atoms with E-state index < -0.39 is 5.82 Å². The fourth-order valence-electron chi connectivity index (χ4n) is 1.91. The van der Waals surface area contributed by atoms with E-state index in [1.807, 2.05) is 30.1 Å². The van der Waals surface area contributed by atoms with Gasteiger partial charge in [-0.3, -0.25) is 0 Å². The lowest BCUT2D eigenvalue weighted by Gasteiger charge is -2.20. The van der Waals surface area contributed by atoms with Gasteiger partial charge in [-0.05, 0) is 42.3 Å². The van der Waals surface area contributed by atoms with Crippen molar-refractivity contribution in [2.24, 2.45) is 0 Å². The van der Waals surface area contributed by atoms with Crippen LogP contribution in [0.2, 0.25) is 0 Å². The zero-order chi connectivity index (χ0) is 13.8. The number of nitriles is 1. The maximum Gasteiger partial charge on any atom is 0.143 e. The molecular weight excluding hydrogens is 239 g/mol. The molecule has 2 aromatic rings. The van der Waals surface area contributed by atoms with Crippen LogP contribution in [0.25, 0.3) is 0 Å². The van der Waals surface area contributed by atoms with Crippen LogP contribution in [0.4, 0.5) is 15.8 Å². The molecule has 0 bridgehead atoms. The summed E-state index contributed by atoms with van der Waals surface area (Å²) < 4.78 is 13.6. The number of benzene rings is 2. The molecule has 0 radical (unpaired) electrons. The number of nitrogens with zero attached hydrogens (tertiary/aromatic N) is 2. The molecule has 0 saturated heterocycles. The Morgan fingerprint density at radius 2 is 1.74 bits per heavy atom. The van der Waals surface area contributed by atoms with E-state index in [0.29, 0.717) is 0 Å². The lowest BCUT2D eigenvalue weighted by Crippen LogP contribution is -2.09. The first kappa shape index (κ1) is 13.1. The van der Waals surface area contributed by atoms with Gasteiger partial charge < -0.3 is 4.90 Å². The smallest absolute Gasteiger partial charge is 0.143 e. The Hall–Kier alpha value is -2.34. The molecule has 0 aliphatic rings. The van der Waals surface area contributed by atoms with Crippen LogP contribution in [-0.4, -0.2) is 7.05 Å².